The molecule has 0 aliphatic heterocycles. The molecule has 314 valence electrons. The smallest absolute Gasteiger partial charge is 0.0995 e. The average molecular weight is 839 g/mol. The number of nitriles is 1. The van der Waals surface area contributed by atoms with Crippen LogP contribution in [0.25, 0.3) is 76.2 Å². The van der Waals surface area contributed by atoms with E-state index >= 15 is 0 Å². The number of benzene rings is 6. The summed E-state index contributed by atoms with van der Waals surface area (Å²) in [6.07, 6.45) is 8.99. The van der Waals surface area contributed by atoms with Crippen LogP contribution in [0.3, 0.4) is 0 Å². The molecule has 5 aromatic heterocycles. The fraction of sp³-hybridized carbons (Fsp3) is 0.311. The van der Waals surface area contributed by atoms with E-state index in [-0.39, 0.29) is 22.7 Å². The zero-order valence-corrected chi connectivity index (χ0v) is 38.0. The Labute approximate surface area is 378 Å². The number of aromatic nitrogens is 3. The monoisotopic (exact) mass is 838 g/mol. The van der Waals surface area contributed by atoms with Gasteiger partial charge in [0.25, 0.3) is 0 Å². The van der Waals surface area contributed by atoms with E-state index in [9.17, 15) is 5.26 Å². The van der Waals surface area contributed by atoms with Crippen LogP contribution in [0.4, 0.5) is 0 Å². The van der Waals surface area contributed by atoms with Crippen molar-refractivity contribution in [2.45, 2.75) is 108 Å². The summed E-state index contributed by atoms with van der Waals surface area (Å²) in [5.74, 6) is 2.98. The lowest BCUT2D eigenvalue weighted by molar-refractivity contribution is 0.165. The van der Waals surface area contributed by atoms with Gasteiger partial charge in [0.15, 0.2) is 0 Å². The highest BCUT2D eigenvalue weighted by Gasteiger charge is 2.46. The summed E-state index contributed by atoms with van der Waals surface area (Å²) < 4.78 is 5.18. The van der Waals surface area contributed by atoms with Gasteiger partial charge in [-0.15, -0.1) is 0 Å². The Hall–Kier alpha value is -6.44. The summed E-state index contributed by atoms with van der Waals surface area (Å²) in [6, 6.07) is 38.3. The predicted octanol–water partition coefficient (Wildman–Crippen LogP) is 15.2. The maximum absolute atomic E-state index is 11.2. The highest BCUT2D eigenvalue weighted by Crippen LogP contribution is 2.61. The van der Waals surface area contributed by atoms with Crippen LogP contribution in [-0.4, -0.2) is 13.8 Å². The number of nitrogens with zero attached hydrogens (tertiary/aromatic N) is 4. The molecular formula is C61H50N4. The van der Waals surface area contributed by atoms with Crippen LogP contribution >= 0.6 is 0 Å². The van der Waals surface area contributed by atoms with Crippen molar-refractivity contribution in [1.82, 2.24) is 13.8 Å². The van der Waals surface area contributed by atoms with Gasteiger partial charge in [0, 0.05) is 66.5 Å². The molecule has 2 fully saturated rings. The molecule has 4 heteroatoms. The number of hydrogen-bond acceptors (Lipinski definition) is 2. The molecular weight excluding hydrogens is 789 g/mol. The van der Waals surface area contributed by atoms with Crippen LogP contribution in [0, 0.1) is 23.2 Å². The normalized spacial score (nSPS) is 23.2. The molecule has 0 amide bonds. The van der Waals surface area contributed by atoms with Crippen LogP contribution < -0.4 is 0 Å². The number of rotatable bonds is 0. The van der Waals surface area contributed by atoms with E-state index in [0.29, 0.717) is 11.8 Å². The zero-order chi connectivity index (χ0) is 43.3. The topological polar surface area (TPSA) is 45.5 Å². The number of pyridine rings is 1. The molecule has 2 saturated carbocycles. The first kappa shape index (κ1) is 35.9. The quantitative estimate of drug-likeness (QED) is 0.153. The summed E-state index contributed by atoms with van der Waals surface area (Å²) in [5.41, 5.74) is 22.0. The van der Waals surface area contributed by atoms with E-state index in [1.807, 2.05) is 0 Å². The van der Waals surface area contributed by atoms with Crippen molar-refractivity contribution in [3.05, 3.63) is 159 Å². The predicted molar refractivity (Wildman–Crippen MR) is 266 cm³/mol. The van der Waals surface area contributed by atoms with E-state index in [1.165, 1.54) is 153 Å². The third-order valence-corrected chi connectivity index (χ3v) is 18.0. The minimum absolute atomic E-state index is 0.0219. The first-order chi connectivity index (χ1) is 31.4. The van der Waals surface area contributed by atoms with Gasteiger partial charge in [0.2, 0.25) is 0 Å². The van der Waals surface area contributed by atoms with E-state index in [1.54, 1.807) is 5.56 Å². The lowest BCUT2D eigenvalue weighted by Crippen LogP contribution is -2.28. The van der Waals surface area contributed by atoms with Gasteiger partial charge in [-0.05, 0) is 153 Å². The highest BCUT2D eigenvalue weighted by molar-refractivity contribution is 6.30. The van der Waals surface area contributed by atoms with Crippen LogP contribution in [-0.2, 0) is 10.8 Å². The molecule has 6 bridgehead atoms. The Morgan fingerprint density at radius 1 is 0.508 bits per heavy atom. The molecule has 18 rings (SSSR count). The van der Waals surface area contributed by atoms with Crippen LogP contribution in [0.5, 0.6) is 0 Å². The van der Waals surface area contributed by atoms with Crippen LogP contribution in [0.2, 0.25) is 0 Å². The Kier molecular flexibility index (Phi) is 6.24. The van der Waals surface area contributed by atoms with E-state index in [0.717, 1.165) is 22.9 Å². The van der Waals surface area contributed by atoms with Gasteiger partial charge in [0.1, 0.15) is 0 Å². The molecule has 7 aliphatic carbocycles. The molecule has 4 nitrogen and oxygen atoms in total. The maximum Gasteiger partial charge on any atom is 0.0995 e. The first-order valence-corrected chi connectivity index (χ1v) is 24.4. The van der Waals surface area contributed by atoms with Gasteiger partial charge in [0.05, 0.1) is 50.9 Å². The Morgan fingerprint density at radius 2 is 0.985 bits per heavy atom. The van der Waals surface area contributed by atoms with Gasteiger partial charge in [-0.3, -0.25) is 4.98 Å². The summed E-state index contributed by atoms with van der Waals surface area (Å²) >= 11 is 0. The second-order valence-electron chi connectivity index (χ2n) is 23.4. The second-order valence-corrected chi connectivity index (χ2v) is 23.4. The average Bonchev–Trinajstić information content (AvgIpc) is 3.98. The first-order valence-electron chi connectivity index (χ1n) is 24.4. The molecule has 7 aliphatic rings. The summed E-state index contributed by atoms with van der Waals surface area (Å²) in [7, 11) is 0. The Bertz CT molecular complexity index is 4000. The van der Waals surface area contributed by atoms with E-state index < -0.39 is 0 Å². The molecule has 6 aromatic carbocycles. The van der Waals surface area contributed by atoms with E-state index in [2.05, 4.69) is 154 Å². The van der Waals surface area contributed by atoms with Crippen LogP contribution in [0.1, 0.15) is 159 Å². The van der Waals surface area contributed by atoms with Crippen molar-refractivity contribution < 1.29 is 0 Å². The number of hydrogen-bond donors (Lipinski definition) is 0. The lowest BCUT2D eigenvalue weighted by Gasteiger charge is -2.43. The third-order valence-electron chi connectivity index (χ3n) is 18.0. The molecule has 11 aromatic rings. The molecule has 0 radical (unpaired) electrons. The van der Waals surface area contributed by atoms with Crippen molar-refractivity contribution in [2.75, 3.05) is 0 Å². The molecule has 2 atom stereocenters. The van der Waals surface area contributed by atoms with Gasteiger partial charge in [-0.2, -0.15) is 5.26 Å². The lowest BCUT2D eigenvalue weighted by atomic mass is 9.59. The largest absolute Gasteiger partial charge is 0.308 e. The second kappa shape index (κ2) is 11.3. The molecule has 2 unspecified atom stereocenters. The van der Waals surface area contributed by atoms with Crippen molar-refractivity contribution >= 4 is 76.2 Å². The van der Waals surface area contributed by atoms with Crippen LogP contribution in [0.15, 0.2) is 97.2 Å². The van der Waals surface area contributed by atoms with Crippen molar-refractivity contribution in [3.63, 3.8) is 0 Å². The highest BCUT2D eigenvalue weighted by atomic mass is 14.9. The van der Waals surface area contributed by atoms with Crippen molar-refractivity contribution in [3.8, 4) is 6.07 Å². The van der Waals surface area contributed by atoms with Gasteiger partial charge >= 0.3 is 0 Å². The summed E-state index contributed by atoms with van der Waals surface area (Å²) in [5, 5.41) is 22.0. The molecule has 0 spiro atoms. The SMILES string of the molecule is CC(C)(C)c1cc2c3cc4c(cc3n3c5cnc6c(c5c(c1)c23)C1CC2CC(CC6C2)C1)c1cc(C(C)(C)C)cc2c3c5c(c(C#N)cc3n4c12)C1c2ccccc2C5c2ccccc21. The fourth-order valence-electron chi connectivity index (χ4n) is 15.5. The van der Waals surface area contributed by atoms with Crippen molar-refractivity contribution in [1.29, 1.82) is 5.26 Å². The zero-order valence-electron chi connectivity index (χ0n) is 38.0. The third kappa shape index (κ3) is 4.16. The standard InChI is InChI=1S/C61H50N4/c1-60(2,3)34-21-42-40-26-47-41(43-22-35(61(4,5)6)24-45-55-49(65(47)59(43)45)28-63-57-32-18-29-15-30(19-32)17-31(16-29)51(55)57)25-46(40)64-48-20-33(27-62)50-52-36-11-7-9-13-38(36)53(39-14-10-8-12-37(39)52)56(50)54(48)44(23-34)58(42)64/h7-14,20-26,28-32,52-53H,15-19H2,1-6H3. The van der Waals surface area contributed by atoms with Gasteiger partial charge in [-0.25, -0.2) is 0 Å². The van der Waals surface area contributed by atoms with Gasteiger partial charge in [-0.1, -0.05) is 90.1 Å². The number of fused-ring (bicyclic) bond motifs is 12. The Balaban J connectivity index is 1.07. The van der Waals surface area contributed by atoms with Gasteiger partial charge < -0.3 is 8.80 Å². The minimum Gasteiger partial charge on any atom is -0.308 e. The van der Waals surface area contributed by atoms with Crippen molar-refractivity contribution in [2.24, 2.45) is 11.8 Å². The molecule has 0 saturated heterocycles. The molecule has 65 heavy (non-hydrogen) atoms. The summed E-state index contributed by atoms with van der Waals surface area (Å²) in [6.45, 7) is 14.2. The fourth-order valence-corrected chi connectivity index (χ4v) is 15.5. The molecule has 0 N–H and O–H groups in total. The van der Waals surface area contributed by atoms with E-state index in [4.69, 9.17) is 4.98 Å². The maximum atomic E-state index is 11.2. The molecule has 5 heterocycles. The Morgan fingerprint density at radius 3 is 1.51 bits per heavy atom. The minimum atomic E-state index is -0.0754. The summed E-state index contributed by atoms with van der Waals surface area (Å²) in [4.78, 5) is 5.52.